The van der Waals surface area contributed by atoms with Crippen molar-refractivity contribution in [3.8, 4) is 0 Å². The molecule has 1 aromatic rings. The first kappa shape index (κ1) is 13.4. The summed E-state index contributed by atoms with van der Waals surface area (Å²) in [6, 6.07) is 5.61. The number of hydrogen-bond acceptors (Lipinski definition) is 2. The summed E-state index contributed by atoms with van der Waals surface area (Å²) in [7, 11) is -0.381. The van der Waals surface area contributed by atoms with Crippen LogP contribution < -0.4 is 5.46 Å². The summed E-state index contributed by atoms with van der Waals surface area (Å²) in [5, 5.41) is 0.679. The van der Waals surface area contributed by atoms with E-state index in [0.717, 1.165) is 9.94 Å². The standard InChI is InChI=1S/C12H15BBrClO2/c1-11(2)12(3,4)17-13(16-11)9-7-8(15)5-6-10(9)14/h5-7H,1-4H3. The predicted molar refractivity (Wildman–Crippen MR) is 74.9 cm³/mol. The van der Waals surface area contributed by atoms with Gasteiger partial charge in [-0.2, -0.15) is 0 Å². The SMILES string of the molecule is CC1(C)OB(c2cc(Cl)ccc2Br)OC1(C)C. The molecule has 0 N–H and O–H groups in total. The molecule has 0 radical (unpaired) electrons. The lowest BCUT2D eigenvalue weighted by molar-refractivity contribution is 0.00578. The summed E-state index contributed by atoms with van der Waals surface area (Å²) in [4.78, 5) is 0. The van der Waals surface area contributed by atoms with Crippen molar-refractivity contribution >= 4 is 40.1 Å². The molecule has 1 aliphatic heterocycles. The van der Waals surface area contributed by atoms with E-state index < -0.39 is 0 Å². The third-order valence-electron chi connectivity index (χ3n) is 3.47. The van der Waals surface area contributed by atoms with Crippen LogP contribution >= 0.6 is 27.5 Å². The molecule has 0 amide bonds. The molecule has 0 spiro atoms. The largest absolute Gasteiger partial charge is 0.496 e. The van der Waals surface area contributed by atoms with Crippen molar-refractivity contribution in [3.63, 3.8) is 0 Å². The minimum Gasteiger partial charge on any atom is -0.399 e. The van der Waals surface area contributed by atoms with Crippen molar-refractivity contribution in [1.82, 2.24) is 0 Å². The molecule has 0 atom stereocenters. The Hall–Kier alpha value is -0.0251. The van der Waals surface area contributed by atoms with Gasteiger partial charge in [-0.05, 0) is 51.4 Å². The average Bonchev–Trinajstić information content (AvgIpc) is 2.40. The van der Waals surface area contributed by atoms with Gasteiger partial charge in [0.15, 0.2) is 0 Å². The van der Waals surface area contributed by atoms with Crippen LogP contribution in [0, 0.1) is 0 Å². The maximum atomic E-state index is 6.01. The molecule has 1 aromatic carbocycles. The van der Waals surface area contributed by atoms with Crippen LogP contribution in [0.5, 0.6) is 0 Å². The zero-order valence-corrected chi connectivity index (χ0v) is 12.7. The number of rotatable bonds is 1. The maximum absolute atomic E-state index is 6.01. The Labute approximate surface area is 116 Å². The zero-order valence-electron chi connectivity index (χ0n) is 10.4. The first-order valence-corrected chi connectivity index (χ1v) is 6.71. The fraction of sp³-hybridized carbons (Fsp3) is 0.500. The van der Waals surface area contributed by atoms with Crippen LogP contribution in [0.2, 0.25) is 5.02 Å². The third kappa shape index (κ3) is 2.41. The molecule has 92 valence electrons. The van der Waals surface area contributed by atoms with Crippen LogP contribution in [0.25, 0.3) is 0 Å². The minimum absolute atomic E-state index is 0.334. The molecule has 0 bridgehead atoms. The van der Waals surface area contributed by atoms with Crippen LogP contribution in [0.1, 0.15) is 27.7 Å². The quantitative estimate of drug-likeness (QED) is 0.739. The highest BCUT2D eigenvalue weighted by atomic mass is 79.9. The highest BCUT2D eigenvalue weighted by Crippen LogP contribution is 2.37. The summed E-state index contributed by atoms with van der Waals surface area (Å²) in [5.41, 5.74) is 0.259. The van der Waals surface area contributed by atoms with E-state index in [0.29, 0.717) is 5.02 Å². The van der Waals surface area contributed by atoms with Gasteiger partial charge in [-0.25, -0.2) is 0 Å². The Morgan fingerprint density at radius 1 is 1.12 bits per heavy atom. The molecule has 17 heavy (non-hydrogen) atoms. The van der Waals surface area contributed by atoms with E-state index in [-0.39, 0.29) is 18.3 Å². The highest BCUT2D eigenvalue weighted by Gasteiger charge is 2.52. The van der Waals surface area contributed by atoms with E-state index in [1.807, 2.05) is 45.9 Å². The topological polar surface area (TPSA) is 18.5 Å². The summed E-state index contributed by atoms with van der Waals surface area (Å²) in [5.74, 6) is 0. The van der Waals surface area contributed by atoms with Crippen LogP contribution in [0.15, 0.2) is 22.7 Å². The molecular weight excluding hydrogens is 302 g/mol. The molecule has 1 fully saturated rings. The van der Waals surface area contributed by atoms with E-state index in [1.165, 1.54) is 0 Å². The Morgan fingerprint density at radius 3 is 2.18 bits per heavy atom. The highest BCUT2D eigenvalue weighted by molar-refractivity contribution is 9.10. The lowest BCUT2D eigenvalue weighted by Crippen LogP contribution is -2.41. The normalized spacial score (nSPS) is 21.9. The van der Waals surface area contributed by atoms with Crippen LogP contribution in [-0.2, 0) is 9.31 Å². The molecule has 1 aliphatic rings. The van der Waals surface area contributed by atoms with Crippen LogP contribution in [-0.4, -0.2) is 18.3 Å². The van der Waals surface area contributed by atoms with E-state index >= 15 is 0 Å². The molecule has 1 saturated heterocycles. The molecule has 1 heterocycles. The van der Waals surface area contributed by atoms with Gasteiger partial charge in [-0.15, -0.1) is 0 Å². The lowest BCUT2D eigenvalue weighted by atomic mass is 9.79. The van der Waals surface area contributed by atoms with Crippen LogP contribution in [0.3, 0.4) is 0 Å². The van der Waals surface area contributed by atoms with E-state index in [1.54, 1.807) is 0 Å². The predicted octanol–water partition coefficient (Wildman–Crippen LogP) is 3.40. The van der Waals surface area contributed by atoms with Crippen molar-refractivity contribution in [1.29, 1.82) is 0 Å². The molecule has 5 heteroatoms. The second kappa shape index (κ2) is 4.27. The number of halogens is 2. The Kier molecular flexibility index (Phi) is 3.37. The summed E-state index contributed by atoms with van der Waals surface area (Å²) in [6.07, 6.45) is 0. The monoisotopic (exact) mass is 316 g/mol. The van der Waals surface area contributed by atoms with Gasteiger partial charge in [0.1, 0.15) is 0 Å². The Morgan fingerprint density at radius 2 is 1.65 bits per heavy atom. The lowest BCUT2D eigenvalue weighted by Gasteiger charge is -2.32. The maximum Gasteiger partial charge on any atom is 0.496 e. The summed E-state index contributed by atoms with van der Waals surface area (Å²) in [6.45, 7) is 8.13. The summed E-state index contributed by atoms with van der Waals surface area (Å²) >= 11 is 9.50. The van der Waals surface area contributed by atoms with Crippen molar-refractivity contribution in [2.75, 3.05) is 0 Å². The zero-order chi connectivity index (χ0) is 12.8. The number of hydrogen-bond donors (Lipinski definition) is 0. The first-order chi connectivity index (χ1) is 7.73. The Balaban J connectivity index is 2.35. The van der Waals surface area contributed by atoms with Gasteiger partial charge < -0.3 is 9.31 Å². The second-order valence-corrected chi connectivity index (χ2v) is 6.54. The Bertz CT molecular complexity index is 432. The average molecular weight is 317 g/mol. The van der Waals surface area contributed by atoms with Crippen molar-refractivity contribution in [2.24, 2.45) is 0 Å². The minimum atomic E-state index is -0.381. The fourth-order valence-corrected chi connectivity index (χ4v) is 2.28. The van der Waals surface area contributed by atoms with Crippen molar-refractivity contribution in [3.05, 3.63) is 27.7 Å². The van der Waals surface area contributed by atoms with Gasteiger partial charge in [0.05, 0.1) is 11.2 Å². The van der Waals surface area contributed by atoms with Crippen molar-refractivity contribution < 1.29 is 9.31 Å². The molecule has 0 unspecified atom stereocenters. The van der Waals surface area contributed by atoms with E-state index in [2.05, 4.69) is 15.9 Å². The van der Waals surface area contributed by atoms with Gasteiger partial charge in [-0.1, -0.05) is 27.5 Å². The molecule has 0 aromatic heterocycles. The molecule has 0 saturated carbocycles. The molecular formula is C12H15BBrClO2. The third-order valence-corrected chi connectivity index (χ3v) is 4.42. The van der Waals surface area contributed by atoms with Gasteiger partial charge in [0.2, 0.25) is 0 Å². The second-order valence-electron chi connectivity index (χ2n) is 5.25. The first-order valence-electron chi connectivity index (χ1n) is 5.53. The number of benzene rings is 1. The summed E-state index contributed by atoms with van der Waals surface area (Å²) < 4.78 is 12.9. The van der Waals surface area contributed by atoms with Gasteiger partial charge in [0.25, 0.3) is 0 Å². The van der Waals surface area contributed by atoms with Crippen molar-refractivity contribution in [2.45, 2.75) is 38.9 Å². The van der Waals surface area contributed by atoms with E-state index in [4.69, 9.17) is 20.9 Å². The van der Waals surface area contributed by atoms with Crippen LogP contribution in [0.4, 0.5) is 0 Å². The molecule has 2 nitrogen and oxygen atoms in total. The molecule has 2 rings (SSSR count). The van der Waals surface area contributed by atoms with Gasteiger partial charge >= 0.3 is 7.12 Å². The fourth-order valence-electron chi connectivity index (χ4n) is 1.67. The van der Waals surface area contributed by atoms with E-state index in [9.17, 15) is 0 Å². The molecule has 0 aliphatic carbocycles. The smallest absolute Gasteiger partial charge is 0.399 e. The van der Waals surface area contributed by atoms with Gasteiger partial charge in [-0.3, -0.25) is 0 Å². The van der Waals surface area contributed by atoms with Gasteiger partial charge in [0, 0.05) is 9.50 Å².